The fourth-order valence-electron chi connectivity index (χ4n) is 7.88. The molecule has 0 atom stereocenters. The predicted octanol–water partition coefficient (Wildman–Crippen LogP) is 12.1. The fourth-order valence-corrected chi connectivity index (χ4v) is 8.10. The van der Waals surface area contributed by atoms with Crippen molar-refractivity contribution >= 4 is 67.4 Å². The predicted molar refractivity (Wildman–Crippen MR) is 257 cm³/mol. The molecule has 4 aromatic rings. The molecule has 12 heteroatoms. The van der Waals surface area contributed by atoms with Crippen LogP contribution in [0.3, 0.4) is 0 Å². The summed E-state index contributed by atoms with van der Waals surface area (Å²) in [6.45, 7) is 23.9. The molecular weight excluding hydrogens is 894 g/mol. The Labute approximate surface area is 398 Å². The summed E-state index contributed by atoms with van der Waals surface area (Å²) in [4.78, 5) is 49.8. The van der Waals surface area contributed by atoms with E-state index in [1.165, 1.54) is 0 Å². The highest BCUT2D eigenvalue weighted by molar-refractivity contribution is 6.64. The van der Waals surface area contributed by atoms with E-state index in [1.807, 2.05) is 0 Å². The van der Waals surface area contributed by atoms with Crippen molar-refractivity contribution in [3.05, 3.63) is 115 Å². The van der Waals surface area contributed by atoms with Crippen LogP contribution in [0.25, 0.3) is 0 Å². The molecule has 0 fully saturated rings. The van der Waals surface area contributed by atoms with E-state index in [1.54, 1.807) is 0 Å². The molecule has 0 radical (unpaired) electrons. The van der Waals surface area contributed by atoms with Crippen molar-refractivity contribution in [2.75, 3.05) is 26.4 Å². The van der Waals surface area contributed by atoms with E-state index < -0.39 is 47.4 Å². The average Bonchev–Trinajstić information content (AvgIpc) is 3.13. The highest BCUT2D eigenvalue weighted by atomic mass is 35.5. The van der Waals surface area contributed by atoms with Crippen molar-refractivity contribution < 1.29 is 38.1 Å². The summed E-state index contributed by atoms with van der Waals surface area (Å²) in [6, 6.07) is 16.6. The minimum atomic E-state index is -0.674. The van der Waals surface area contributed by atoms with Gasteiger partial charge in [-0.15, -0.1) is 0 Å². The lowest BCUT2D eigenvalue weighted by Crippen LogP contribution is -2.19. The number of halogens is 4. The first kappa shape index (κ1) is 50.9. The van der Waals surface area contributed by atoms with Crippen LogP contribution < -0.4 is 18.9 Å². The Kier molecular flexibility index (Phi) is 15.7. The number of rotatable bonds is 12. The molecule has 344 valence electrons. The topological polar surface area (TPSA) is 105 Å². The number of benzene rings is 4. The van der Waals surface area contributed by atoms with Gasteiger partial charge in [-0.05, 0) is 135 Å². The zero-order valence-electron chi connectivity index (χ0n) is 39.1. The molecule has 1 aliphatic carbocycles. The molecule has 0 N–H and O–H groups in total. The maximum atomic E-state index is 12.5. The minimum absolute atomic E-state index is 0.250. The van der Waals surface area contributed by atoms with E-state index in [9.17, 15) is 19.2 Å². The highest BCUT2D eigenvalue weighted by Gasteiger charge is 2.30. The first-order valence-corrected chi connectivity index (χ1v) is 22.9. The zero-order valence-corrected chi connectivity index (χ0v) is 42.1. The maximum absolute atomic E-state index is 12.5. The second-order valence-corrected chi connectivity index (χ2v) is 22.5. The van der Waals surface area contributed by atoms with E-state index in [4.69, 9.17) is 65.4 Å². The van der Waals surface area contributed by atoms with Gasteiger partial charge in [0.1, 0.15) is 23.0 Å². The van der Waals surface area contributed by atoms with Gasteiger partial charge in [0.05, 0.1) is 0 Å². The lowest BCUT2D eigenvalue weighted by atomic mass is 9.79. The SMILES string of the molecule is CC(C)(C)c1cc2c(OCC(=O)Cl)c(c1)Cc1cc(C(C)(C)C)cc(c1OCC(=O)Cl)Cc1cc(C(C)(C)C)cc(c1OCC(=O)Cl)Cc1cc(C(C)(C)C)cc(c1OCC(=O)Cl)C2. The molecule has 8 bridgehead atoms. The molecule has 0 saturated carbocycles. The van der Waals surface area contributed by atoms with Gasteiger partial charge in [0, 0.05) is 25.7 Å². The van der Waals surface area contributed by atoms with Crippen LogP contribution in [0, 0.1) is 0 Å². The van der Waals surface area contributed by atoms with Crippen LogP contribution in [-0.2, 0) is 66.5 Å². The van der Waals surface area contributed by atoms with Crippen molar-refractivity contribution in [2.45, 2.75) is 130 Å². The number of fused-ring (bicyclic) bond motifs is 8. The zero-order chi connectivity index (χ0) is 47.7. The van der Waals surface area contributed by atoms with Gasteiger partial charge in [-0.1, -0.05) is 132 Å². The summed E-state index contributed by atoms with van der Waals surface area (Å²) >= 11 is 23.9. The number of ether oxygens (including phenoxy) is 4. The van der Waals surface area contributed by atoms with Crippen molar-refractivity contribution in [2.24, 2.45) is 0 Å². The third-order valence-corrected chi connectivity index (χ3v) is 11.7. The lowest BCUT2D eigenvalue weighted by Gasteiger charge is -2.29. The molecule has 64 heavy (non-hydrogen) atoms. The second-order valence-electron chi connectivity index (χ2n) is 20.8. The molecule has 0 heterocycles. The number of hydrogen-bond donors (Lipinski definition) is 0. The van der Waals surface area contributed by atoms with Gasteiger partial charge in [0.15, 0.2) is 26.4 Å². The molecular formula is C52H60Cl4O8. The van der Waals surface area contributed by atoms with Crippen LogP contribution in [-0.4, -0.2) is 47.4 Å². The smallest absolute Gasteiger partial charge is 0.259 e. The lowest BCUT2D eigenvalue weighted by molar-refractivity contribution is -0.114. The van der Waals surface area contributed by atoms with Crippen molar-refractivity contribution in [1.82, 2.24) is 0 Å². The Balaban J connectivity index is 2.05. The van der Waals surface area contributed by atoms with Crippen molar-refractivity contribution in [3.8, 4) is 23.0 Å². The summed E-state index contributed by atoms with van der Waals surface area (Å²) in [5.41, 5.74) is 8.62. The molecule has 0 aliphatic heterocycles. The molecule has 4 aromatic carbocycles. The molecule has 0 aromatic heterocycles. The number of carbonyl (C=O) groups is 4. The first-order chi connectivity index (χ1) is 29.5. The summed E-state index contributed by atoms with van der Waals surface area (Å²) in [6.07, 6.45) is 1.00. The summed E-state index contributed by atoms with van der Waals surface area (Å²) in [5.74, 6) is 1.83. The summed E-state index contributed by atoms with van der Waals surface area (Å²) in [5, 5.41) is -2.70. The van der Waals surface area contributed by atoms with Gasteiger partial charge in [-0.25, -0.2) is 0 Å². The first-order valence-electron chi connectivity index (χ1n) is 21.4. The Morgan fingerprint density at radius 3 is 0.594 bits per heavy atom. The van der Waals surface area contributed by atoms with Crippen LogP contribution in [0.4, 0.5) is 0 Å². The van der Waals surface area contributed by atoms with Crippen LogP contribution in [0.15, 0.2) is 48.5 Å². The Morgan fingerprint density at radius 1 is 0.344 bits per heavy atom. The average molecular weight is 955 g/mol. The molecule has 8 nitrogen and oxygen atoms in total. The van der Waals surface area contributed by atoms with Crippen molar-refractivity contribution in [1.29, 1.82) is 0 Å². The van der Waals surface area contributed by atoms with Crippen LogP contribution >= 0.6 is 46.4 Å². The van der Waals surface area contributed by atoms with E-state index in [-0.39, 0.29) is 47.3 Å². The molecule has 0 unspecified atom stereocenters. The molecule has 0 spiro atoms. The standard InChI is InChI=1S/C52H60Cl4O8/c1-49(2,3)37-17-29-13-31-19-38(50(4,5)6)21-33(46(31)62-26-42(54)58)15-35-23-40(52(10,11)12)24-36(48(35)64-28-44(56)60)16-34-22-39(51(7,8)9)20-32(47(34)63-27-43(55)59)14-30(18-37)45(29)61-25-41(53)57/h17-24H,13-16,25-28H2,1-12H3. The molecule has 1 aliphatic rings. The van der Waals surface area contributed by atoms with Gasteiger partial charge in [-0.3, -0.25) is 19.2 Å². The third-order valence-electron chi connectivity index (χ3n) is 11.3. The summed E-state index contributed by atoms with van der Waals surface area (Å²) in [7, 11) is 0. The third kappa shape index (κ3) is 13.0. The van der Waals surface area contributed by atoms with Gasteiger partial charge >= 0.3 is 0 Å². The minimum Gasteiger partial charge on any atom is -0.484 e. The van der Waals surface area contributed by atoms with Gasteiger partial charge in [0.25, 0.3) is 21.0 Å². The molecule has 0 saturated heterocycles. The quantitative estimate of drug-likeness (QED) is 0.114. The Morgan fingerprint density at radius 2 is 0.484 bits per heavy atom. The van der Waals surface area contributed by atoms with Crippen LogP contribution in [0.2, 0.25) is 0 Å². The Hall–Kier alpha value is -4.08. The van der Waals surface area contributed by atoms with Crippen molar-refractivity contribution in [3.63, 3.8) is 0 Å². The largest absolute Gasteiger partial charge is 0.484 e. The number of carbonyl (C=O) groups excluding carboxylic acids is 4. The fraction of sp³-hybridized carbons (Fsp3) is 0.462. The second kappa shape index (κ2) is 19.8. The monoisotopic (exact) mass is 952 g/mol. The van der Waals surface area contributed by atoms with Crippen LogP contribution in [0.1, 0.15) is 150 Å². The van der Waals surface area contributed by atoms with Gasteiger partial charge < -0.3 is 18.9 Å². The van der Waals surface area contributed by atoms with Crippen LogP contribution in [0.5, 0.6) is 23.0 Å². The van der Waals surface area contributed by atoms with Gasteiger partial charge in [0.2, 0.25) is 0 Å². The molecule has 5 rings (SSSR count). The summed E-state index contributed by atoms with van der Waals surface area (Å²) < 4.78 is 25.7. The Bertz CT molecular complexity index is 2020. The highest BCUT2D eigenvalue weighted by Crippen LogP contribution is 2.44. The normalized spacial score (nSPS) is 13.2. The number of hydrogen-bond acceptors (Lipinski definition) is 8. The van der Waals surface area contributed by atoms with E-state index in [0.717, 1.165) is 66.8 Å². The van der Waals surface area contributed by atoms with E-state index in [0.29, 0.717) is 23.0 Å². The van der Waals surface area contributed by atoms with E-state index in [2.05, 4.69) is 132 Å². The van der Waals surface area contributed by atoms with Gasteiger partial charge in [-0.2, -0.15) is 0 Å². The maximum Gasteiger partial charge on any atom is 0.259 e. The molecule has 0 amide bonds. The van der Waals surface area contributed by atoms with E-state index >= 15 is 0 Å².